The maximum Gasteiger partial charge on any atom is 0.115 e. The van der Waals surface area contributed by atoms with Crippen LogP contribution in [0.3, 0.4) is 0 Å². The zero-order valence-electron chi connectivity index (χ0n) is 13.0. The largest absolute Gasteiger partial charge is 0.508 e. The molecule has 1 unspecified atom stereocenters. The van der Waals surface area contributed by atoms with Gasteiger partial charge in [0.05, 0.1) is 23.2 Å². The molecule has 0 radical (unpaired) electrons. The monoisotopic (exact) mass is 340 g/mol. The van der Waals surface area contributed by atoms with Gasteiger partial charge in [-0.15, -0.1) is 0 Å². The van der Waals surface area contributed by atoms with Crippen LogP contribution in [-0.2, 0) is 12.8 Å². The predicted molar refractivity (Wildman–Crippen MR) is 93.7 cm³/mol. The first-order valence-electron chi connectivity index (χ1n) is 7.96. The fraction of sp³-hybridized carbons (Fsp3) is 0.211. The highest BCUT2D eigenvalue weighted by Crippen LogP contribution is 2.34. The van der Waals surface area contributed by atoms with Crippen molar-refractivity contribution < 1.29 is 10.2 Å². The van der Waals surface area contributed by atoms with Gasteiger partial charge in [-0.05, 0) is 49.2 Å². The van der Waals surface area contributed by atoms with Crippen molar-refractivity contribution in [1.82, 2.24) is 9.78 Å². The molecular weight excluding hydrogens is 324 g/mol. The van der Waals surface area contributed by atoms with Gasteiger partial charge in [0, 0.05) is 22.6 Å². The van der Waals surface area contributed by atoms with E-state index in [1.807, 2.05) is 41.1 Å². The number of phenols is 1. The number of aromatic hydroxyl groups is 1. The van der Waals surface area contributed by atoms with Crippen LogP contribution >= 0.6 is 11.6 Å². The third kappa shape index (κ3) is 2.68. The van der Waals surface area contributed by atoms with Crippen LogP contribution in [0, 0.1) is 0 Å². The van der Waals surface area contributed by atoms with E-state index in [9.17, 15) is 10.2 Å². The molecule has 4 nitrogen and oxygen atoms in total. The zero-order valence-corrected chi connectivity index (χ0v) is 13.7. The van der Waals surface area contributed by atoms with Crippen LogP contribution in [-0.4, -0.2) is 26.1 Å². The van der Waals surface area contributed by atoms with Gasteiger partial charge in [0.2, 0.25) is 0 Å². The molecule has 2 aromatic carbocycles. The van der Waals surface area contributed by atoms with E-state index >= 15 is 0 Å². The van der Waals surface area contributed by atoms with Crippen LogP contribution in [0.2, 0.25) is 5.02 Å². The second kappa shape index (κ2) is 5.96. The summed E-state index contributed by atoms with van der Waals surface area (Å²) in [5.74, 6) is 0.221. The molecule has 0 amide bonds. The molecule has 1 aliphatic carbocycles. The summed E-state index contributed by atoms with van der Waals surface area (Å²) >= 11 is 6.02. The zero-order chi connectivity index (χ0) is 16.7. The summed E-state index contributed by atoms with van der Waals surface area (Å²) in [6.07, 6.45) is 1.77. The van der Waals surface area contributed by atoms with Gasteiger partial charge in [0.15, 0.2) is 0 Å². The highest BCUT2D eigenvalue weighted by molar-refractivity contribution is 6.30. The number of fused-ring (bicyclic) bond motifs is 1. The van der Waals surface area contributed by atoms with Gasteiger partial charge in [-0.3, -0.25) is 0 Å². The first kappa shape index (κ1) is 15.2. The fourth-order valence-corrected chi connectivity index (χ4v) is 3.36. The van der Waals surface area contributed by atoms with E-state index in [1.54, 1.807) is 12.1 Å². The van der Waals surface area contributed by atoms with E-state index in [4.69, 9.17) is 16.7 Å². The van der Waals surface area contributed by atoms with Crippen molar-refractivity contribution in [3.05, 3.63) is 64.8 Å². The summed E-state index contributed by atoms with van der Waals surface area (Å²) in [5, 5.41) is 25.1. The number of aromatic nitrogens is 2. The normalized spacial score (nSPS) is 16.8. The SMILES string of the molecule is Oc1ccc(-n2nc3c(c2-c2ccc(Cl)cc2)CC(O)CC3)cc1. The minimum Gasteiger partial charge on any atom is -0.508 e. The summed E-state index contributed by atoms with van der Waals surface area (Å²) in [6.45, 7) is 0. The van der Waals surface area contributed by atoms with E-state index in [2.05, 4.69) is 0 Å². The van der Waals surface area contributed by atoms with E-state index in [-0.39, 0.29) is 11.9 Å². The van der Waals surface area contributed by atoms with Crippen LogP contribution < -0.4 is 0 Å². The van der Waals surface area contributed by atoms with Crippen molar-refractivity contribution in [2.45, 2.75) is 25.4 Å². The number of hydrogen-bond acceptors (Lipinski definition) is 3. The maximum absolute atomic E-state index is 10.1. The summed E-state index contributed by atoms with van der Waals surface area (Å²) in [6, 6.07) is 14.6. The Bertz CT molecular complexity index is 870. The van der Waals surface area contributed by atoms with Crippen molar-refractivity contribution in [3.63, 3.8) is 0 Å². The number of rotatable bonds is 2. The van der Waals surface area contributed by atoms with Gasteiger partial charge in [-0.1, -0.05) is 23.7 Å². The highest BCUT2D eigenvalue weighted by Gasteiger charge is 2.26. The smallest absolute Gasteiger partial charge is 0.115 e. The first-order valence-corrected chi connectivity index (χ1v) is 8.34. The highest BCUT2D eigenvalue weighted by atomic mass is 35.5. The molecule has 0 aliphatic heterocycles. The van der Waals surface area contributed by atoms with Crippen molar-refractivity contribution in [2.75, 3.05) is 0 Å². The Labute approximate surface area is 144 Å². The van der Waals surface area contributed by atoms with Crippen molar-refractivity contribution >= 4 is 11.6 Å². The molecule has 24 heavy (non-hydrogen) atoms. The molecule has 0 bridgehead atoms. The van der Waals surface area contributed by atoms with Gasteiger partial charge in [-0.2, -0.15) is 5.10 Å². The molecule has 4 rings (SSSR count). The van der Waals surface area contributed by atoms with Crippen molar-refractivity contribution in [3.8, 4) is 22.7 Å². The van der Waals surface area contributed by atoms with Gasteiger partial charge >= 0.3 is 0 Å². The van der Waals surface area contributed by atoms with E-state index < -0.39 is 0 Å². The number of aryl methyl sites for hydroxylation is 1. The minimum atomic E-state index is -0.332. The number of nitrogens with zero attached hydrogens (tertiary/aromatic N) is 2. The summed E-state index contributed by atoms with van der Waals surface area (Å²) in [5.41, 5.74) is 4.98. The van der Waals surface area contributed by atoms with Crippen molar-refractivity contribution in [2.24, 2.45) is 0 Å². The van der Waals surface area contributed by atoms with E-state index in [1.165, 1.54) is 0 Å². The summed E-state index contributed by atoms with van der Waals surface area (Å²) in [7, 11) is 0. The molecule has 0 saturated heterocycles. The molecule has 1 aromatic heterocycles. The van der Waals surface area contributed by atoms with E-state index in [0.29, 0.717) is 11.4 Å². The maximum atomic E-state index is 10.1. The van der Waals surface area contributed by atoms with Gasteiger partial charge in [-0.25, -0.2) is 4.68 Å². The lowest BCUT2D eigenvalue weighted by atomic mass is 9.91. The number of aliphatic hydroxyl groups is 1. The quantitative estimate of drug-likeness (QED) is 0.747. The molecule has 122 valence electrons. The molecule has 0 spiro atoms. The van der Waals surface area contributed by atoms with Crippen LogP contribution in [0.5, 0.6) is 5.75 Å². The lowest BCUT2D eigenvalue weighted by molar-refractivity contribution is 0.158. The number of aliphatic hydroxyl groups excluding tert-OH is 1. The Morgan fingerprint density at radius 3 is 2.46 bits per heavy atom. The molecule has 1 heterocycles. The van der Waals surface area contributed by atoms with Gasteiger partial charge in [0.1, 0.15) is 5.75 Å². The summed E-state index contributed by atoms with van der Waals surface area (Å²) < 4.78 is 1.89. The lowest BCUT2D eigenvalue weighted by Crippen LogP contribution is -2.18. The molecule has 1 aliphatic rings. The van der Waals surface area contributed by atoms with Crippen LogP contribution in [0.1, 0.15) is 17.7 Å². The average molecular weight is 341 g/mol. The van der Waals surface area contributed by atoms with Crippen LogP contribution in [0.4, 0.5) is 0 Å². The predicted octanol–water partition coefficient (Wildman–Crippen LogP) is 3.75. The van der Waals surface area contributed by atoms with E-state index in [0.717, 1.165) is 41.0 Å². The van der Waals surface area contributed by atoms with Gasteiger partial charge < -0.3 is 10.2 Å². The molecule has 0 fully saturated rings. The Kier molecular flexibility index (Phi) is 3.79. The first-order chi connectivity index (χ1) is 11.6. The average Bonchev–Trinajstić information content (AvgIpc) is 2.95. The molecule has 5 heteroatoms. The standard InChI is InChI=1S/C19H17ClN2O2/c20-13-3-1-12(2-4-13)19-17-11-16(24)9-10-18(17)21-22(19)14-5-7-15(23)8-6-14/h1-8,16,23-24H,9-11H2. The Morgan fingerprint density at radius 2 is 1.75 bits per heavy atom. The Balaban J connectivity index is 1.92. The number of halogens is 1. The fourth-order valence-electron chi connectivity index (χ4n) is 3.24. The molecular formula is C19H17ClN2O2. The second-order valence-electron chi connectivity index (χ2n) is 6.11. The number of hydrogen-bond donors (Lipinski definition) is 2. The number of benzene rings is 2. The lowest BCUT2D eigenvalue weighted by Gasteiger charge is -2.17. The molecule has 2 N–H and O–H groups in total. The molecule has 0 saturated carbocycles. The third-order valence-electron chi connectivity index (χ3n) is 4.43. The number of phenolic OH excluding ortho intramolecular Hbond substituents is 1. The molecule has 1 atom stereocenters. The third-order valence-corrected chi connectivity index (χ3v) is 4.68. The minimum absolute atomic E-state index is 0.221. The Hall–Kier alpha value is -2.30. The Morgan fingerprint density at radius 1 is 1.04 bits per heavy atom. The topological polar surface area (TPSA) is 58.3 Å². The van der Waals surface area contributed by atoms with Gasteiger partial charge in [0.25, 0.3) is 0 Å². The summed E-state index contributed by atoms with van der Waals surface area (Å²) in [4.78, 5) is 0. The second-order valence-corrected chi connectivity index (χ2v) is 6.54. The van der Waals surface area contributed by atoms with Crippen molar-refractivity contribution in [1.29, 1.82) is 0 Å². The molecule has 3 aromatic rings. The van der Waals surface area contributed by atoms with Crippen LogP contribution in [0.25, 0.3) is 16.9 Å². The van der Waals surface area contributed by atoms with Crippen LogP contribution in [0.15, 0.2) is 48.5 Å².